The highest BCUT2D eigenvalue weighted by atomic mass is 32.1. The minimum atomic E-state index is 0.490. The molecule has 0 saturated heterocycles. The van der Waals surface area contributed by atoms with Gasteiger partial charge >= 0.3 is 0 Å². The molecule has 0 amide bonds. The van der Waals surface area contributed by atoms with Crippen LogP contribution in [0.1, 0.15) is 0 Å². The van der Waals surface area contributed by atoms with E-state index in [4.69, 9.17) is 6.42 Å². The molecule has 1 N–H and O–H groups in total. The van der Waals surface area contributed by atoms with Crippen LogP contribution in [0.4, 0.5) is 5.82 Å². The largest absolute Gasteiger partial charge is 0.358 e. The average molecular weight is 189 g/mol. The van der Waals surface area contributed by atoms with Gasteiger partial charge in [0.2, 0.25) is 0 Å². The fourth-order valence-electron chi connectivity index (χ4n) is 1.05. The van der Waals surface area contributed by atoms with Gasteiger partial charge in [-0.1, -0.05) is 5.92 Å². The molecule has 0 aliphatic heterocycles. The Morgan fingerprint density at radius 3 is 3.31 bits per heavy atom. The molecule has 2 aromatic heterocycles. The third-order valence-electron chi connectivity index (χ3n) is 1.60. The zero-order valence-corrected chi connectivity index (χ0v) is 7.64. The van der Waals surface area contributed by atoms with Crippen LogP contribution in [0.3, 0.4) is 0 Å². The first-order chi connectivity index (χ1) is 6.42. The van der Waals surface area contributed by atoms with Crippen LogP contribution in [0.5, 0.6) is 0 Å². The standard InChI is InChI=1S/C9H7N3S/c1-2-4-10-9-8-7(3-5-13-8)11-6-12-9/h1,3,5-6H,4H2,(H,10,11,12). The van der Waals surface area contributed by atoms with Crippen molar-refractivity contribution in [1.29, 1.82) is 0 Å². The van der Waals surface area contributed by atoms with Crippen molar-refractivity contribution in [2.24, 2.45) is 0 Å². The lowest BCUT2D eigenvalue weighted by molar-refractivity contribution is 1.20. The van der Waals surface area contributed by atoms with Gasteiger partial charge in [-0.15, -0.1) is 17.8 Å². The maximum absolute atomic E-state index is 5.14. The number of terminal acetylenes is 1. The second kappa shape index (κ2) is 3.42. The number of thiophene rings is 1. The summed E-state index contributed by atoms with van der Waals surface area (Å²) >= 11 is 1.61. The van der Waals surface area contributed by atoms with Gasteiger partial charge in [0.25, 0.3) is 0 Å². The molecule has 0 unspecified atom stereocenters. The Kier molecular flexibility index (Phi) is 2.11. The first-order valence-electron chi connectivity index (χ1n) is 3.77. The van der Waals surface area contributed by atoms with Crippen molar-refractivity contribution in [3.05, 3.63) is 17.8 Å². The molecule has 0 aliphatic carbocycles. The lowest BCUT2D eigenvalue weighted by atomic mass is 10.4. The predicted molar refractivity (Wildman–Crippen MR) is 54.7 cm³/mol. The highest BCUT2D eigenvalue weighted by molar-refractivity contribution is 7.17. The predicted octanol–water partition coefficient (Wildman–Crippen LogP) is 1.74. The minimum absolute atomic E-state index is 0.490. The van der Waals surface area contributed by atoms with Gasteiger partial charge in [0, 0.05) is 0 Å². The van der Waals surface area contributed by atoms with E-state index in [1.807, 2.05) is 11.4 Å². The molecule has 2 rings (SSSR count). The second-order valence-corrected chi connectivity index (χ2v) is 3.33. The van der Waals surface area contributed by atoms with Crippen molar-refractivity contribution in [1.82, 2.24) is 9.97 Å². The Morgan fingerprint density at radius 2 is 2.46 bits per heavy atom. The molecule has 64 valence electrons. The van der Waals surface area contributed by atoms with E-state index >= 15 is 0 Å². The third kappa shape index (κ3) is 1.46. The van der Waals surface area contributed by atoms with Crippen molar-refractivity contribution >= 4 is 27.4 Å². The van der Waals surface area contributed by atoms with Gasteiger partial charge in [-0.05, 0) is 11.4 Å². The summed E-state index contributed by atoms with van der Waals surface area (Å²) < 4.78 is 1.05. The molecule has 2 aromatic rings. The highest BCUT2D eigenvalue weighted by Gasteiger charge is 2.02. The van der Waals surface area contributed by atoms with Crippen LogP contribution in [0.25, 0.3) is 10.2 Å². The summed E-state index contributed by atoms with van der Waals surface area (Å²) in [5.74, 6) is 3.32. The number of fused-ring (bicyclic) bond motifs is 1. The molecule has 3 nitrogen and oxygen atoms in total. The van der Waals surface area contributed by atoms with E-state index in [1.165, 1.54) is 6.33 Å². The third-order valence-corrected chi connectivity index (χ3v) is 2.51. The molecule has 0 radical (unpaired) electrons. The summed E-state index contributed by atoms with van der Waals surface area (Å²) in [5.41, 5.74) is 0.958. The molecule has 0 aromatic carbocycles. The molecule has 13 heavy (non-hydrogen) atoms. The van der Waals surface area contributed by atoms with E-state index in [1.54, 1.807) is 11.3 Å². The number of aromatic nitrogens is 2. The molecular weight excluding hydrogens is 182 g/mol. The fourth-order valence-corrected chi connectivity index (χ4v) is 1.86. The minimum Gasteiger partial charge on any atom is -0.358 e. The molecule has 0 saturated carbocycles. The van der Waals surface area contributed by atoms with Gasteiger partial charge in [0.05, 0.1) is 16.8 Å². The van der Waals surface area contributed by atoms with Crippen LogP contribution in [0, 0.1) is 12.3 Å². The van der Waals surface area contributed by atoms with E-state index in [9.17, 15) is 0 Å². The molecule has 0 aliphatic rings. The molecule has 0 atom stereocenters. The van der Waals surface area contributed by atoms with Gasteiger partial charge in [0.1, 0.15) is 12.1 Å². The van der Waals surface area contributed by atoms with Crippen molar-refractivity contribution in [3.63, 3.8) is 0 Å². The molecule has 2 heterocycles. The first kappa shape index (κ1) is 8.02. The molecule has 0 fully saturated rings. The van der Waals surface area contributed by atoms with Crippen LogP contribution in [0.15, 0.2) is 17.8 Å². The fraction of sp³-hybridized carbons (Fsp3) is 0.111. The van der Waals surface area contributed by atoms with Crippen LogP contribution >= 0.6 is 11.3 Å². The van der Waals surface area contributed by atoms with E-state index in [2.05, 4.69) is 21.2 Å². The second-order valence-electron chi connectivity index (χ2n) is 2.41. The number of hydrogen-bond acceptors (Lipinski definition) is 4. The maximum Gasteiger partial charge on any atom is 0.148 e. The summed E-state index contributed by atoms with van der Waals surface area (Å²) in [7, 11) is 0. The van der Waals surface area contributed by atoms with Crippen molar-refractivity contribution in [2.45, 2.75) is 0 Å². The van der Waals surface area contributed by atoms with Gasteiger partial charge in [0.15, 0.2) is 0 Å². The van der Waals surface area contributed by atoms with Crippen LogP contribution in [-0.4, -0.2) is 16.5 Å². The van der Waals surface area contributed by atoms with E-state index in [0.717, 1.165) is 16.0 Å². The van der Waals surface area contributed by atoms with Gasteiger partial charge in [-0.25, -0.2) is 9.97 Å². The zero-order chi connectivity index (χ0) is 9.10. The number of hydrogen-bond donors (Lipinski definition) is 1. The number of nitrogens with one attached hydrogen (secondary N) is 1. The van der Waals surface area contributed by atoms with E-state index in [0.29, 0.717) is 6.54 Å². The highest BCUT2D eigenvalue weighted by Crippen LogP contribution is 2.24. The van der Waals surface area contributed by atoms with Crippen molar-refractivity contribution < 1.29 is 0 Å². The van der Waals surface area contributed by atoms with Crippen molar-refractivity contribution in [2.75, 3.05) is 11.9 Å². The smallest absolute Gasteiger partial charge is 0.148 e. The molecule has 0 bridgehead atoms. The normalized spacial score (nSPS) is 9.77. The molecule has 4 heteroatoms. The summed E-state index contributed by atoms with van der Waals surface area (Å²) in [5, 5.41) is 5.03. The Bertz CT molecular complexity index is 455. The first-order valence-corrected chi connectivity index (χ1v) is 4.65. The van der Waals surface area contributed by atoms with Gasteiger partial charge in [-0.3, -0.25) is 0 Å². The topological polar surface area (TPSA) is 37.8 Å². The Morgan fingerprint density at radius 1 is 1.54 bits per heavy atom. The van der Waals surface area contributed by atoms with Gasteiger partial charge in [-0.2, -0.15) is 0 Å². The maximum atomic E-state index is 5.14. The van der Waals surface area contributed by atoms with Gasteiger partial charge < -0.3 is 5.32 Å². The lowest BCUT2D eigenvalue weighted by Gasteiger charge is -2.00. The average Bonchev–Trinajstić information content (AvgIpc) is 2.62. The van der Waals surface area contributed by atoms with Crippen molar-refractivity contribution in [3.8, 4) is 12.3 Å². The summed E-state index contributed by atoms with van der Waals surface area (Å²) in [6.07, 6.45) is 6.68. The van der Waals surface area contributed by atoms with Crippen LogP contribution < -0.4 is 5.32 Å². The van der Waals surface area contributed by atoms with E-state index in [-0.39, 0.29) is 0 Å². The molecule has 0 spiro atoms. The van der Waals surface area contributed by atoms with E-state index < -0.39 is 0 Å². The Balaban J connectivity index is 2.44. The number of nitrogens with zero attached hydrogens (tertiary/aromatic N) is 2. The molecular formula is C9H7N3S. The quantitative estimate of drug-likeness (QED) is 0.731. The van der Waals surface area contributed by atoms with Crippen LogP contribution in [-0.2, 0) is 0 Å². The summed E-state index contributed by atoms with van der Waals surface area (Å²) in [4.78, 5) is 8.23. The van der Waals surface area contributed by atoms with Crippen LogP contribution in [0.2, 0.25) is 0 Å². The Hall–Kier alpha value is -1.60. The number of rotatable bonds is 2. The monoisotopic (exact) mass is 189 g/mol. The zero-order valence-electron chi connectivity index (χ0n) is 6.82. The summed E-state index contributed by atoms with van der Waals surface area (Å²) in [6, 6.07) is 1.96. The summed E-state index contributed by atoms with van der Waals surface area (Å²) in [6.45, 7) is 0.490. The SMILES string of the molecule is C#CCNc1ncnc2ccsc12. The lowest BCUT2D eigenvalue weighted by Crippen LogP contribution is -2.00. The Labute approximate surface area is 79.8 Å². The number of anilines is 1.